The molecule has 1 rings (SSSR count). The summed E-state index contributed by atoms with van der Waals surface area (Å²) in [5, 5.41) is 2.82. The van der Waals surface area contributed by atoms with Crippen LogP contribution in [0.1, 0.15) is 5.56 Å². The zero-order valence-electron chi connectivity index (χ0n) is 9.35. The zero-order valence-corrected chi connectivity index (χ0v) is 9.35. The predicted octanol–water partition coefficient (Wildman–Crippen LogP) is 1.71. The Bertz CT molecular complexity index is 322. The van der Waals surface area contributed by atoms with E-state index in [1.165, 1.54) is 19.2 Å². The van der Waals surface area contributed by atoms with E-state index < -0.39 is 11.6 Å². The van der Waals surface area contributed by atoms with Crippen molar-refractivity contribution in [1.29, 1.82) is 0 Å². The zero-order chi connectivity index (χ0) is 12.0. The molecule has 0 atom stereocenters. The number of halogens is 2. The number of benzene rings is 1. The highest BCUT2D eigenvalue weighted by molar-refractivity contribution is 5.31. The van der Waals surface area contributed by atoms with E-state index in [4.69, 9.17) is 9.47 Å². The molecule has 0 unspecified atom stereocenters. The van der Waals surface area contributed by atoms with Gasteiger partial charge in [0.25, 0.3) is 0 Å². The van der Waals surface area contributed by atoms with Crippen LogP contribution in [-0.4, -0.2) is 27.4 Å². The first kappa shape index (κ1) is 12.9. The Morgan fingerprint density at radius 2 is 1.81 bits per heavy atom. The molecule has 1 aromatic carbocycles. The van der Waals surface area contributed by atoms with E-state index in [-0.39, 0.29) is 19.0 Å². The third-order valence-electron chi connectivity index (χ3n) is 1.97. The standard InChI is InChI=1S/C11H15F2NO2/c1-14-7-8-5-9(12)11(10(13)6-8)16-4-3-15-2/h5-6,14H,3-4,7H2,1-2H3. The number of methoxy groups -OCH3 is 1. The molecule has 0 aliphatic heterocycles. The Balaban J connectivity index is 2.77. The van der Waals surface area contributed by atoms with Gasteiger partial charge in [-0.2, -0.15) is 0 Å². The fourth-order valence-electron chi connectivity index (χ4n) is 1.28. The number of rotatable bonds is 6. The number of hydrogen-bond donors (Lipinski definition) is 1. The van der Waals surface area contributed by atoms with Crippen molar-refractivity contribution < 1.29 is 18.3 Å². The lowest BCUT2D eigenvalue weighted by Crippen LogP contribution is -2.09. The average Bonchev–Trinajstić information content (AvgIpc) is 2.23. The van der Waals surface area contributed by atoms with Gasteiger partial charge in [-0.15, -0.1) is 0 Å². The monoisotopic (exact) mass is 231 g/mol. The first-order valence-electron chi connectivity index (χ1n) is 4.93. The molecule has 0 heterocycles. The maximum atomic E-state index is 13.4. The van der Waals surface area contributed by atoms with E-state index >= 15 is 0 Å². The second kappa shape index (κ2) is 6.40. The number of hydrogen-bond acceptors (Lipinski definition) is 3. The van der Waals surface area contributed by atoms with Crippen LogP contribution in [0.3, 0.4) is 0 Å². The minimum Gasteiger partial charge on any atom is -0.485 e. The topological polar surface area (TPSA) is 30.5 Å². The molecule has 0 spiro atoms. The van der Waals surface area contributed by atoms with Gasteiger partial charge in [0, 0.05) is 13.7 Å². The van der Waals surface area contributed by atoms with E-state index in [1.54, 1.807) is 7.05 Å². The van der Waals surface area contributed by atoms with Gasteiger partial charge in [-0.1, -0.05) is 0 Å². The Hall–Kier alpha value is -1.20. The fourth-order valence-corrected chi connectivity index (χ4v) is 1.28. The van der Waals surface area contributed by atoms with Crippen molar-refractivity contribution in [3.05, 3.63) is 29.3 Å². The number of ether oxygens (including phenoxy) is 2. The van der Waals surface area contributed by atoms with Gasteiger partial charge in [-0.25, -0.2) is 8.78 Å². The van der Waals surface area contributed by atoms with Crippen molar-refractivity contribution in [2.24, 2.45) is 0 Å². The SMILES string of the molecule is CNCc1cc(F)c(OCCOC)c(F)c1. The van der Waals surface area contributed by atoms with Gasteiger partial charge in [0.1, 0.15) is 6.61 Å². The van der Waals surface area contributed by atoms with Crippen LogP contribution < -0.4 is 10.1 Å². The molecule has 0 saturated heterocycles. The molecule has 1 aromatic rings. The Kier molecular flexibility index (Phi) is 5.14. The minimum atomic E-state index is -0.693. The van der Waals surface area contributed by atoms with Crippen molar-refractivity contribution in [1.82, 2.24) is 5.32 Å². The smallest absolute Gasteiger partial charge is 0.190 e. The third-order valence-corrected chi connectivity index (χ3v) is 1.97. The summed E-state index contributed by atoms with van der Waals surface area (Å²) in [5.41, 5.74) is 0.539. The van der Waals surface area contributed by atoms with Gasteiger partial charge in [0.05, 0.1) is 6.61 Å². The molecule has 3 nitrogen and oxygen atoms in total. The second-order valence-corrected chi connectivity index (χ2v) is 3.26. The molecule has 0 aliphatic carbocycles. The Morgan fingerprint density at radius 1 is 1.19 bits per heavy atom. The van der Waals surface area contributed by atoms with Crippen molar-refractivity contribution in [3.63, 3.8) is 0 Å². The summed E-state index contributed by atoms with van der Waals surface area (Å²) in [4.78, 5) is 0. The molecule has 0 amide bonds. The Labute approximate surface area is 93.4 Å². The first-order chi connectivity index (χ1) is 7.69. The van der Waals surface area contributed by atoms with Crippen LogP contribution in [0.15, 0.2) is 12.1 Å². The van der Waals surface area contributed by atoms with Crippen LogP contribution in [0.5, 0.6) is 5.75 Å². The molecule has 0 radical (unpaired) electrons. The normalized spacial score (nSPS) is 10.5. The molecule has 5 heteroatoms. The fraction of sp³-hybridized carbons (Fsp3) is 0.455. The van der Waals surface area contributed by atoms with Crippen molar-refractivity contribution in [3.8, 4) is 5.75 Å². The lowest BCUT2D eigenvalue weighted by molar-refractivity contribution is 0.141. The number of nitrogens with one attached hydrogen (secondary N) is 1. The summed E-state index contributed by atoms with van der Waals surface area (Å²) in [5.74, 6) is -1.74. The molecule has 90 valence electrons. The van der Waals surface area contributed by atoms with Gasteiger partial charge in [0.2, 0.25) is 0 Å². The summed E-state index contributed by atoms with van der Waals surface area (Å²) in [6.07, 6.45) is 0. The van der Waals surface area contributed by atoms with Crippen LogP contribution in [0, 0.1) is 11.6 Å². The maximum absolute atomic E-state index is 13.4. The summed E-state index contributed by atoms with van der Waals surface area (Å²) in [7, 11) is 3.20. The lowest BCUT2D eigenvalue weighted by Gasteiger charge is -2.09. The molecular weight excluding hydrogens is 216 g/mol. The molecule has 0 aromatic heterocycles. The van der Waals surface area contributed by atoms with E-state index in [0.717, 1.165) is 0 Å². The highest BCUT2D eigenvalue weighted by atomic mass is 19.1. The van der Waals surface area contributed by atoms with Gasteiger partial charge in [0.15, 0.2) is 17.4 Å². The molecule has 0 bridgehead atoms. The largest absolute Gasteiger partial charge is 0.485 e. The second-order valence-electron chi connectivity index (χ2n) is 3.26. The van der Waals surface area contributed by atoms with Gasteiger partial charge >= 0.3 is 0 Å². The van der Waals surface area contributed by atoms with Gasteiger partial charge in [-0.05, 0) is 24.7 Å². The summed E-state index contributed by atoms with van der Waals surface area (Å²) in [6.45, 7) is 0.819. The Morgan fingerprint density at radius 3 is 2.31 bits per heavy atom. The predicted molar refractivity (Wildman–Crippen MR) is 56.5 cm³/mol. The van der Waals surface area contributed by atoms with E-state index in [1.807, 2.05) is 0 Å². The van der Waals surface area contributed by atoms with Crippen LogP contribution in [-0.2, 0) is 11.3 Å². The molecule has 16 heavy (non-hydrogen) atoms. The minimum absolute atomic E-state index is 0.121. The molecule has 0 fully saturated rings. The van der Waals surface area contributed by atoms with E-state index in [9.17, 15) is 8.78 Å². The molecule has 1 N–H and O–H groups in total. The quantitative estimate of drug-likeness (QED) is 0.756. The average molecular weight is 231 g/mol. The lowest BCUT2D eigenvalue weighted by atomic mass is 10.2. The van der Waals surface area contributed by atoms with Crippen LogP contribution in [0.25, 0.3) is 0 Å². The van der Waals surface area contributed by atoms with Gasteiger partial charge in [-0.3, -0.25) is 0 Å². The maximum Gasteiger partial charge on any atom is 0.190 e. The van der Waals surface area contributed by atoms with Crippen LogP contribution >= 0.6 is 0 Å². The highest BCUT2D eigenvalue weighted by Gasteiger charge is 2.12. The van der Waals surface area contributed by atoms with Crippen LogP contribution in [0.2, 0.25) is 0 Å². The van der Waals surface area contributed by atoms with Crippen molar-refractivity contribution in [2.75, 3.05) is 27.4 Å². The molecular formula is C11H15F2NO2. The third kappa shape index (κ3) is 3.43. The van der Waals surface area contributed by atoms with Crippen molar-refractivity contribution >= 4 is 0 Å². The summed E-state index contributed by atoms with van der Waals surface area (Å²) >= 11 is 0. The van der Waals surface area contributed by atoms with Crippen molar-refractivity contribution in [2.45, 2.75) is 6.54 Å². The van der Waals surface area contributed by atoms with E-state index in [2.05, 4.69) is 5.32 Å². The summed E-state index contributed by atoms with van der Waals surface area (Å²) in [6, 6.07) is 2.50. The molecule has 0 aliphatic rings. The van der Waals surface area contributed by atoms with Gasteiger partial charge < -0.3 is 14.8 Å². The molecule has 0 saturated carbocycles. The highest BCUT2D eigenvalue weighted by Crippen LogP contribution is 2.23. The summed E-state index contributed by atoms with van der Waals surface area (Å²) < 4.78 is 36.5. The van der Waals surface area contributed by atoms with E-state index in [0.29, 0.717) is 12.1 Å². The first-order valence-corrected chi connectivity index (χ1v) is 4.93. The van der Waals surface area contributed by atoms with Crippen LogP contribution in [0.4, 0.5) is 8.78 Å².